The number of hydrogen-bond acceptors (Lipinski definition) is 1. The number of H-pyrrole nitrogens is 2. The van der Waals surface area contributed by atoms with Crippen LogP contribution in [0.5, 0.6) is 0 Å². The van der Waals surface area contributed by atoms with Gasteiger partial charge in [0.15, 0.2) is 4.77 Å². The van der Waals surface area contributed by atoms with E-state index in [-0.39, 0.29) is 0 Å². The molecular weight excluding hydrogens is 192 g/mol. The highest BCUT2D eigenvalue weighted by molar-refractivity contribution is 7.71. The van der Waals surface area contributed by atoms with E-state index in [1.807, 2.05) is 6.20 Å². The van der Waals surface area contributed by atoms with Crippen LogP contribution in [0.25, 0.3) is 0 Å². The summed E-state index contributed by atoms with van der Waals surface area (Å²) in [4.78, 5) is 6.12. The van der Waals surface area contributed by atoms with E-state index in [0.717, 1.165) is 24.0 Å². The molecule has 1 aromatic heterocycles. The highest BCUT2D eigenvalue weighted by Gasteiger charge is 2.02. The Hall–Kier alpha value is -0.830. The largest absolute Gasteiger partial charge is 0.337 e. The van der Waals surface area contributed by atoms with Crippen LogP contribution in [0.15, 0.2) is 18.3 Å². The highest BCUT2D eigenvalue weighted by atomic mass is 32.1. The number of allylic oxidation sites excluding steroid dienone is 2. The molecule has 2 nitrogen and oxygen atoms in total. The first-order valence-corrected chi connectivity index (χ1v) is 5.54. The lowest BCUT2D eigenvalue weighted by molar-refractivity contribution is 0.581. The topological polar surface area (TPSA) is 31.6 Å². The van der Waals surface area contributed by atoms with E-state index in [1.54, 1.807) is 0 Å². The maximum atomic E-state index is 4.97. The zero-order chi connectivity index (χ0) is 10.4. The van der Waals surface area contributed by atoms with Crippen LogP contribution >= 0.6 is 12.2 Å². The van der Waals surface area contributed by atoms with Crippen LogP contribution in [-0.2, 0) is 6.42 Å². The van der Waals surface area contributed by atoms with Crippen LogP contribution in [0.3, 0.4) is 0 Å². The molecule has 1 atom stereocenters. The van der Waals surface area contributed by atoms with Crippen molar-refractivity contribution in [3.05, 3.63) is 28.8 Å². The summed E-state index contributed by atoms with van der Waals surface area (Å²) in [6.45, 7) is 4.41. The zero-order valence-corrected chi connectivity index (χ0v) is 9.66. The molecule has 0 saturated heterocycles. The lowest BCUT2D eigenvalue weighted by Gasteiger charge is -2.05. The maximum absolute atomic E-state index is 4.97. The van der Waals surface area contributed by atoms with Crippen LogP contribution < -0.4 is 0 Å². The third-order valence-corrected chi connectivity index (χ3v) is 2.38. The number of aromatic nitrogens is 2. The molecule has 0 spiro atoms. The Bertz CT molecular complexity index is 335. The summed E-state index contributed by atoms with van der Waals surface area (Å²) in [7, 11) is 0. The van der Waals surface area contributed by atoms with Crippen molar-refractivity contribution in [3.63, 3.8) is 0 Å². The number of nitrogens with one attached hydrogen (secondary N) is 2. The quantitative estimate of drug-likeness (QED) is 0.564. The predicted molar refractivity (Wildman–Crippen MR) is 62.9 cm³/mol. The molecule has 0 amide bonds. The van der Waals surface area contributed by atoms with Gasteiger partial charge in [0, 0.05) is 11.9 Å². The molecule has 1 aromatic rings. The second-order valence-corrected chi connectivity index (χ2v) is 4.10. The van der Waals surface area contributed by atoms with Gasteiger partial charge in [-0.05, 0) is 37.4 Å². The van der Waals surface area contributed by atoms with Crippen LogP contribution in [-0.4, -0.2) is 9.97 Å². The minimum atomic E-state index is 0.666. The third-order valence-electron chi connectivity index (χ3n) is 2.16. The van der Waals surface area contributed by atoms with Crippen molar-refractivity contribution in [3.8, 4) is 0 Å². The molecular formula is C11H18N2S. The Morgan fingerprint density at radius 1 is 1.50 bits per heavy atom. The van der Waals surface area contributed by atoms with Gasteiger partial charge in [-0.15, -0.1) is 0 Å². The normalized spacial score (nSPS) is 13.6. The van der Waals surface area contributed by atoms with Gasteiger partial charge in [0.25, 0.3) is 0 Å². The fourth-order valence-electron chi connectivity index (χ4n) is 1.43. The molecule has 78 valence electrons. The summed E-state index contributed by atoms with van der Waals surface area (Å²) in [5, 5.41) is 0. The number of hydrogen-bond donors (Lipinski definition) is 2. The standard InChI is InChI=1S/C11H18N2S/c1-3-4-5-6-9(2)7-10-8-12-11(14)13-10/h4-5,8-9H,3,6-7H2,1-2H3,(H2,12,13,14)/b5-4-. The van der Waals surface area contributed by atoms with Gasteiger partial charge < -0.3 is 9.97 Å². The molecule has 0 aliphatic rings. The summed E-state index contributed by atoms with van der Waals surface area (Å²) >= 11 is 4.97. The van der Waals surface area contributed by atoms with E-state index in [9.17, 15) is 0 Å². The number of imidazole rings is 1. The van der Waals surface area contributed by atoms with Crippen molar-refractivity contribution < 1.29 is 0 Å². The monoisotopic (exact) mass is 210 g/mol. The zero-order valence-electron chi connectivity index (χ0n) is 8.84. The average Bonchev–Trinajstić information content (AvgIpc) is 2.52. The molecule has 0 aliphatic heterocycles. The van der Waals surface area contributed by atoms with Gasteiger partial charge >= 0.3 is 0 Å². The van der Waals surface area contributed by atoms with E-state index in [0.29, 0.717) is 5.92 Å². The average molecular weight is 210 g/mol. The maximum Gasteiger partial charge on any atom is 0.174 e. The Kier molecular flexibility index (Phi) is 4.66. The van der Waals surface area contributed by atoms with E-state index >= 15 is 0 Å². The van der Waals surface area contributed by atoms with Crippen molar-refractivity contribution in [2.75, 3.05) is 0 Å². The van der Waals surface area contributed by atoms with Crippen molar-refractivity contribution in [1.29, 1.82) is 0 Å². The Balaban J connectivity index is 2.37. The minimum Gasteiger partial charge on any atom is -0.337 e. The van der Waals surface area contributed by atoms with Crippen LogP contribution in [0, 0.1) is 10.7 Å². The molecule has 3 heteroatoms. The van der Waals surface area contributed by atoms with Crippen molar-refractivity contribution in [2.24, 2.45) is 5.92 Å². The summed E-state index contributed by atoms with van der Waals surface area (Å²) in [5.74, 6) is 0.666. The highest BCUT2D eigenvalue weighted by Crippen LogP contribution is 2.10. The SMILES string of the molecule is CC/C=C\CC(C)Cc1c[nH]c(=S)[nH]1. The molecule has 2 N–H and O–H groups in total. The molecule has 0 radical (unpaired) electrons. The Morgan fingerprint density at radius 2 is 2.29 bits per heavy atom. The summed E-state index contributed by atoms with van der Waals surface area (Å²) in [6.07, 6.45) is 9.75. The lowest BCUT2D eigenvalue weighted by Crippen LogP contribution is -1.98. The molecule has 1 heterocycles. The van der Waals surface area contributed by atoms with Gasteiger partial charge in [-0.2, -0.15) is 0 Å². The third kappa shape index (κ3) is 3.92. The second kappa shape index (κ2) is 5.81. The summed E-state index contributed by atoms with van der Waals surface area (Å²) in [5.41, 5.74) is 1.20. The van der Waals surface area contributed by atoms with Crippen molar-refractivity contribution in [1.82, 2.24) is 9.97 Å². The minimum absolute atomic E-state index is 0.666. The molecule has 0 bridgehead atoms. The number of aromatic amines is 2. The van der Waals surface area contributed by atoms with Gasteiger partial charge in [0.05, 0.1) is 0 Å². The number of rotatable bonds is 5. The summed E-state index contributed by atoms with van der Waals surface area (Å²) in [6, 6.07) is 0. The molecule has 0 aliphatic carbocycles. The molecule has 1 unspecified atom stereocenters. The van der Waals surface area contributed by atoms with Crippen LogP contribution in [0.2, 0.25) is 0 Å². The first-order valence-electron chi connectivity index (χ1n) is 5.14. The molecule has 0 saturated carbocycles. The fraction of sp³-hybridized carbons (Fsp3) is 0.545. The van der Waals surface area contributed by atoms with Gasteiger partial charge in [-0.25, -0.2) is 0 Å². The molecule has 0 aromatic carbocycles. The molecule has 1 rings (SSSR count). The van der Waals surface area contributed by atoms with Gasteiger partial charge in [-0.1, -0.05) is 26.0 Å². The Morgan fingerprint density at radius 3 is 2.86 bits per heavy atom. The van der Waals surface area contributed by atoms with Gasteiger partial charge in [0.2, 0.25) is 0 Å². The van der Waals surface area contributed by atoms with Gasteiger partial charge in [0.1, 0.15) is 0 Å². The van der Waals surface area contributed by atoms with E-state index in [1.165, 1.54) is 5.69 Å². The molecule has 0 fully saturated rings. The second-order valence-electron chi connectivity index (χ2n) is 3.69. The lowest BCUT2D eigenvalue weighted by atomic mass is 10.0. The predicted octanol–water partition coefficient (Wildman–Crippen LogP) is 3.61. The first kappa shape index (κ1) is 11.2. The molecule has 14 heavy (non-hydrogen) atoms. The van der Waals surface area contributed by atoms with Crippen molar-refractivity contribution >= 4 is 12.2 Å². The summed E-state index contributed by atoms with van der Waals surface area (Å²) < 4.78 is 0.719. The van der Waals surface area contributed by atoms with Crippen LogP contribution in [0.1, 0.15) is 32.4 Å². The first-order chi connectivity index (χ1) is 6.72. The van der Waals surface area contributed by atoms with Crippen molar-refractivity contribution in [2.45, 2.75) is 33.1 Å². The fourth-order valence-corrected chi connectivity index (χ4v) is 1.62. The Labute approximate surface area is 90.4 Å². The van der Waals surface area contributed by atoms with E-state index in [2.05, 4.69) is 36.0 Å². The van der Waals surface area contributed by atoms with E-state index in [4.69, 9.17) is 12.2 Å². The van der Waals surface area contributed by atoms with E-state index < -0.39 is 0 Å². The smallest absolute Gasteiger partial charge is 0.174 e. The van der Waals surface area contributed by atoms with Crippen LogP contribution in [0.4, 0.5) is 0 Å². The van der Waals surface area contributed by atoms with Gasteiger partial charge in [-0.3, -0.25) is 0 Å².